The van der Waals surface area contributed by atoms with E-state index in [0.29, 0.717) is 25.1 Å². The topological polar surface area (TPSA) is 136 Å². The molecule has 4 N–H and O–H groups in total. The van der Waals surface area contributed by atoms with Crippen LogP contribution in [0.2, 0.25) is 0 Å². The van der Waals surface area contributed by atoms with E-state index in [1.54, 1.807) is 11.0 Å². The first-order valence-corrected chi connectivity index (χ1v) is 13.7. The van der Waals surface area contributed by atoms with Gasteiger partial charge in [0.1, 0.15) is 12.1 Å². The third-order valence-corrected chi connectivity index (χ3v) is 7.24. The summed E-state index contributed by atoms with van der Waals surface area (Å²) in [6, 6.07) is 20.9. The van der Waals surface area contributed by atoms with Crippen molar-refractivity contribution in [1.29, 1.82) is 0 Å². The summed E-state index contributed by atoms with van der Waals surface area (Å²) in [5, 5.41) is 24.4. The Labute approximate surface area is 239 Å². The highest BCUT2D eigenvalue weighted by molar-refractivity contribution is 5.92. The van der Waals surface area contributed by atoms with Gasteiger partial charge in [0, 0.05) is 26.4 Å². The predicted octanol–water partition coefficient (Wildman–Crippen LogP) is 3.29. The number of carboxylic acids is 1. The molecule has 0 saturated carbocycles. The zero-order valence-corrected chi connectivity index (χ0v) is 23.0. The molecule has 1 saturated heterocycles. The van der Waals surface area contributed by atoms with Gasteiger partial charge in [-0.2, -0.15) is 0 Å². The van der Waals surface area contributed by atoms with Gasteiger partial charge < -0.3 is 25.7 Å². The van der Waals surface area contributed by atoms with E-state index in [2.05, 4.69) is 10.6 Å². The summed E-state index contributed by atoms with van der Waals surface area (Å²) in [6.45, 7) is 1.83. The molecule has 0 unspecified atom stereocenters. The number of carbonyl (C=O) groups is 4. The monoisotopic (exact) mass is 557 g/mol. The first-order chi connectivity index (χ1) is 19.7. The Kier molecular flexibility index (Phi) is 9.86. The number of nitrogens with one attached hydrogen (secondary N) is 2. The quantitative estimate of drug-likeness (QED) is 0.302. The Morgan fingerprint density at radius 1 is 0.951 bits per heavy atom. The minimum atomic E-state index is -1.17. The van der Waals surface area contributed by atoms with Crippen LogP contribution >= 0.6 is 0 Å². The van der Waals surface area contributed by atoms with Crippen LogP contribution < -0.4 is 10.6 Å². The average molecular weight is 558 g/mol. The van der Waals surface area contributed by atoms with Gasteiger partial charge in [0.15, 0.2) is 0 Å². The molecular weight excluding hydrogens is 522 g/mol. The number of hydrogen-bond acceptors (Lipinski definition) is 5. The molecule has 0 spiro atoms. The van der Waals surface area contributed by atoms with Crippen LogP contribution in [0.3, 0.4) is 0 Å². The fraction of sp³-hybridized carbons (Fsp3) is 0.312. The van der Waals surface area contributed by atoms with Crippen molar-refractivity contribution in [2.75, 3.05) is 6.54 Å². The molecule has 0 aliphatic carbocycles. The van der Waals surface area contributed by atoms with Crippen LogP contribution in [-0.2, 0) is 34.0 Å². The first kappa shape index (κ1) is 29.5. The lowest BCUT2D eigenvalue weighted by Gasteiger charge is -2.27. The summed E-state index contributed by atoms with van der Waals surface area (Å²) in [4.78, 5) is 51.9. The fourth-order valence-electron chi connectivity index (χ4n) is 5.13. The van der Waals surface area contributed by atoms with Crippen molar-refractivity contribution in [3.8, 4) is 11.1 Å². The zero-order chi connectivity index (χ0) is 29.4. The van der Waals surface area contributed by atoms with Crippen LogP contribution in [-0.4, -0.2) is 57.4 Å². The largest absolute Gasteiger partial charge is 0.478 e. The third-order valence-electron chi connectivity index (χ3n) is 7.24. The van der Waals surface area contributed by atoms with Crippen LogP contribution in [0.4, 0.5) is 0 Å². The van der Waals surface area contributed by atoms with E-state index in [0.717, 1.165) is 29.5 Å². The summed E-state index contributed by atoms with van der Waals surface area (Å²) in [6.07, 6.45) is 2.14. The highest BCUT2D eigenvalue weighted by atomic mass is 16.4. The number of aliphatic hydroxyl groups excluding tert-OH is 1. The van der Waals surface area contributed by atoms with Gasteiger partial charge in [-0.1, -0.05) is 66.7 Å². The van der Waals surface area contributed by atoms with Crippen LogP contribution in [0.15, 0.2) is 72.8 Å². The molecule has 4 rings (SSSR count). The molecule has 41 heavy (non-hydrogen) atoms. The Bertz CT molecular complexity index is 1390. The molecule has 3 aromatic carbocycles. The SMILES string of the molecule is CC(=O)N[C@@H](Cc1ccc(C(=O)O)c(CO)c1)C(=O)N[C@H]1CCCCN(Cc2ccc(-c3ccccc3)cc2)C1=O. The summed E-state index contributed by atoms with van der Waals surface area (Å²) in [5.41, 5.74) is 3.95. The Hall–Kier alpha value is -4.50. The second kappa shape index (κ2) is 13.7. The fourth-order valence-corrected chi connectivity index (χ4v) is 5.13. The molecule has 9 heteroatoms. The van der Waals surface area contributed by atoms with Crippen molar-refractivity contribution in [3.05, 3.63) is 95.1 Å². The van der Waals surface area contributed by atoms with E-state index >= 15 is 0 Å². The van der Waals surface area contributed by atoms with Crippen LogP contribution in [0.25, 0.3) is 11.1 Å². The van der Waals surface area contributed by atoms with Gasteiger partial charge in [-0.15, -0.1) is 0 Å². The van der Waals surface area contributed by atoms with Crippen molar-refractivity contribution < 1.29 is 29.4 Å². The number of nitrogens with zero attached hydrogens (tertiary/aromatic N) is 1. The van der Waals surface area contributed by atoms with E-state index in [9.17, 15) is 29.4 Å². The van der Waals surface area contributed by atoms with Crippen molar-refractivity contribution in [3.63, 3.8) is 0 Å². The number of hydrogen-bond donors (Lipinski definition) is 4. The van der Waals surface area contributed by atoms with Gasteiger partial charge in [-0.05, 0) is 53.1 Å². The molecule has 1 aliphatic rings. The molecule has 214 valence electrons. The second-order valence-electron chi connectivity index (χ2n) is 10.3. The molecule has 1 aliphatic heterocycles. The third kappa shape index (κ3) is 7.79. The highest BCUT2D eigenvalue weighted by Crippen LogP contribution is 2.21. The van der Waals surface area contributed by atoms with Gasteiger partial charge in [-0.25, -0.2) is 4.79 Å². The van der Waals surface area contributed by atoms with E-state index in [1.165, 1.54) is 19.1 Å². The number of aliphatic hydroxyl groups is 1. The summed E-state index contributed by atoms with van der Waals surface area (Å²) in [7, 11) is 0. The Morgan fingerprint density at radius 2 is 1.63 bits per heavy atom. The van der Waals surface area contributed by atoms with Gasteiger partial charge in [0.25, 0.3) is 0 Å². The van der Waals surface area contributed by atoms with Gasteiger partial charge in [-0.3, -0.25) is 14.4 Å². The molecule has 0 aromatic heterocycles. The van der Waals surface area contributed by atoms with Gasteiger partial charge in [0.2, 0.25) is 17.7 Å². The molecule has 1 fully saturated rings. The maximum absolute atomic E-state index is 13.5. The van der Waals surface area contributed by atoms with Crippen molar-refractivity contribution in [2.24, 2.45) is 0 Å². The number of carboxylic acid groups (broad SMARTS) is 1. The van der Waals surface area contributed by atoms with Crippen LogP contribution in [0.5, 0.6) is 0 Å². The minimum absolute atomic E-state index is 0.0318. The van der Waals surface area contributed by atoms with Gasteiger partial charge in [0.05, 0.1) is 12.2 Å². The first-order valence-electron chi connectivity index (χ1n) is 13.7. The molecule has 3 aromatic rings. The van der Waals surface area contributed by atoms with E-state index in [4.69, 9.17) is 0 Å². The summed E-state index contributed by atoms with van der Waals surface area (Å²) >= 11 is 0. The van der Waals surface area contributed by atoms with Crippen LogP contribution in [0, 0.1) is 0 Å². The zero-order valence-electron chi connectivity index (χ0n) is 23.0. The average Bonchev–Trinajstić information content (AvgIpc) is 3.13. The molecule has 1 heterocycles. The number of likely N-dealkylation sites (tertiary alicyclic amines) is 1. The Morgan fingerprint density at radius 3 is 2.29 bits per heavy atom. The van der Waals surface area contributed by atoms with Crippen molar-refractivity contribution >= 4 is 23.7 Å². The van der Waals surface area contributed by atoms with E-state index in [-0.39, 0.29) is 23.5 Å². The molecule has 3 amide bonds. The minimum Gasteiger partial charge on any atom is -0.478 e. The van der Waals surface area contributed by atoms with Crippen molar-refractivity contribution in [1.82, 2.24) is 15.5 Å². The van der Waals surface area contributed by atoms with E-state index in [1.807, 2.05) is 54.6 Å². The lowest BCUT2D eigenvalue weighted by molar-refractivity contribution is -0.137. The molecule has 9 nitrogen and oxygen atoms in total. The molecule has 0 radical (unpaired) electrons. The summed E-state index contributed by atoms with van der Waals surface area (Å²) < 4.78 is 0. The maximum Gasteiger partial charge on any atom is 0.336 e. The van der Waals surface area contributed by atoms with Gasteiger partial charge >= 0.3 is 5.97 Å². The number of carbonyl (C=O) groups excluding carboxylic acids is 3. The summed E-state index contributed by atoms with van der Waals surface area (Å²) in [5.74, 6) is -2.25. The molecular formula is C32H35N3O6. The molecule has 0 bridgehead atoms. The van der Waals surface area contributed by atoms with Crippen molar-refractivity contribution in [2.45, 2.75) is 57.8 Å². The number of benzene rings is 3. The van der Waals surface area contributed by atoms with Crippen LogP contribution in [0.1, 0.15) is 53.2 Å². The Balaban J connectivity index is 1.44. The molecule has 2 atom stereocenters. The lowest BCUT2D eigenvalue weighted by Crippen LogP contribution is -2.54. The standard InChI is InChI=1S/C32H35N3O6/c1-21(37)33-29(18-23-12-15-27(32(40)41)26(17-23)20-36)30(38)34-28-9-5-6-16-35(31(28)39)19-22-10-13-25(14-11-22)24-7-3-2-4-8-24/h2-4,7-8,10-15,17,28-29,36H,5-6,9,16,18-20H2,1H3,(H,33,37)(H,34,38)(H,40,41)/t28-,29-/m0/s1. The second-order valence-corrected chi connectivity index (χ2v) is 10.3. The smallest absolute Gasteiger partial charge is 0.336 e. The predicted molar refractivity (Wildman–Crippen MR) is 154 cm³/mol. The normalized spacial score (nSPS) is 16.0. The maximum atomic E-state index is 13.5. The lowest BCUT2D eigenvalue weighted by atomic mass is 9.99. The number of amides is 3. The number of aromatic carboxylic acids is 1. The van der Waals surface area contributed by atoms with E-state index < -0.39 is 36.5 Å². The number of rotatable bonds is 10. The highest BCUT2D eigenvalue weighted by Gasteiger charge is 2.31.